The summed E-state index contributed by atoms with van der Waals surface area (Å²) >= 11 is 0. The minimum atomic E-state index is -1.000. The molecule has 5 nitrogen and oxygen atoms in total. The van der Waals surface area contributed by atoms with E-state index >= 15 is 0 Å². The summed E-state index contributed by atoms with van der Waals surface area (Å²) in [6, 6.07) is 9.26. The number of hydrogen-bond donors (Lipinski definition) is 1. The van der Waals surface area contributed by atoms with Gasteiger partial charge >= 0.3 is 5.97 Å². The predicted octanol–water partition coefficient (Wildman–Crippen LogP) is 1.77. The number of pyridine rings is 1. The molecule has 0 spiro atoms. The Morgan fingerprint density at radius 2 is 2.00 bits per heavy atom. The summed E-state index contributed by atoms with van der Waals surface area (Å²) in [5.74, 6) is -1.000. The number of aromatic nitrogens is 1. The lowest BCUT2D eigenvalue weighted by atomic mass is 10.1. The van der Waals surface area contributed by atoms with Crippen molar-refractivity contribution in [3.05, 3.63) is 36.0 Å². The molecule has 5 heteroatoms. The van der Waals surface area contributed by atoms with Crippen LogP contribution in [0.5, 0.6) is 0 Å². The summed E-state index contributed by atoms with van der Waals surface area (Å²) in [6.07, 6.45) is 0. The van der Waals surface area contributed by atoms with Gasteiger partial charge in [-0.3, -0.25) is 0 Å². The number of carboxylic acid groups (broad SMARTS) is 1. The highest BCUT2D eigenvalue weighted by Gasteiger charge is 2.17. The molecule has 3 rings (SSSR count). The molecule has 2 heterocycles. The number of ether oxygens (including phenoxy) is 1. The Bertz CT molecular complexity index is 621. The number of anilines is 1. The van der Waals surface area contributed by atoms with Gasteiger partial charge < -0.3 is 14.7 Å². The molecule has 0 saturated carbocycles. The highest BCUT2D eigenvalue weighted by Crippen LogP contribution is 2.27. The Labute approximate surface area is 110 Å². The quantitative estimate of drug-likeness (QED) is 0.889. The molecule has 19 heavy (non-hydrogen) atoms. The van der Waals surface area contributed by atoms with E-state index in [0.717, 1.165) is 24.2 Å². The zero-order valence-electron chi connectivity index (χ0n) is 10.4. The van der Waals surface area contributed by atoms with E-state index < -0.39 is 5.97 Å². The van der Waals surface area contributed by atoms with E-state index in [2.05, 4.69) is 9.88 Å². The van der Waals surface area contributed by atoms with E-state index in [1.165, 1.54) is 0 Å². The van der Waals surface area contributed by atoms with Crippen LogP contribution in [0.2, 0.25) is 0 Å². The number of aromatic carboxylic acids is 1. The number of carboxylic acids is 1. The van der Waals surface area contributed by atoms with Crippen molar-refractivity contribution in [2.24, 2.45) is 0 Å². The molecule has 1 aliphatic heterocycles. The maximum Gasteiger partial charge on any atom is 0.354 e. The standard InChI is InChI=1S/C14H14N2O3/c17-14(18)12-9-13(16-5-7-19-8-6-16)10-3-1-2-4-11(10)15-12/h1-4,9H,5-8H2,(H,17,18). The zero-order valence-corrected chi connectivity index (χ0v) is 10.4. The van der Waals surface area contributed by atoms with Crippen LogP contribution < -0.4 is 4.90 Å². The van der Waals surface area contributed by atoms with Gasteiger partial charge in [0.2, 0.25) is 0 Å². The summed E-state index contributed by atoms with van der Waals surface area (Å²) in [4.78, 5) is 17.5. The fourth-order valence-electron chi connectivity index (χ4n) is 2.33. The van der Waals surface area contributed by atoms with E-state index in [-0.39, 0.29) is 5.69 Å². The Kier molecular flexibility index (Phi) is 3.05. The lowest BCUT2D eigenvalue weighted by Gasteiger charge is -2.29. The number of carbonyl (C=O) groups is 1. The largest absolute Gasteiger partial charge is 0.477 e. The van der Waals surface area contributed by atoms with Crippen molar-refractivity contribution in [1.82, 2.24) is 4.98 Å². The van der Waals surface area contributed by atoms with Crippen LogP contribution in [0.25, 0.3) is 10.9 Å². The van der Waals surface area contributed by atoms with Crippen molar-refractivity contribution in [2.45, 2.75) is 0 Å². The first-order valence-electron chi connectivity index (χ1n) is 6.21. The molecule has 1 aromatic heterocycles. The minimum absolute atomic E-state index is 0.0835. The number of para-hydroxylation sites is 1. The minimum Gasteiger partial charge on any atom is -0.477 e. The van der Waals surface area contributed by atoms with E-state index in [0.29, 0.717) is 18.7 Å². The lowest BCUT2D eigenvalue weighted by molar-refractivity contribution is 0.0691. The van der Waals surface area contributed by atoms with Crippen LogP contribution in [-0.2, 0) is 4.74 Å². The van der Waals surface area contributed by atoms with Crippen molar-refractivity contribution >= 4 is 22.6 Å². The molecule has 1 N–H and O–H groups in total. The number of nitrogens with zero attached hydrogens (tertiary/aromatic N) is 2. The molecule has 98 valence electrons. The van der Waals surface area contributed by atoms with Crippen molar-refractivity contribution in [1.29, 1.82) is 0 Å². The average Bonchev–Trinajstić information content (AvgIpc) is 2.47. The maximum atomic E-state index is 11.2. The summed E-state index contributed by atoms with van der Waals surface area (Å²) in [6.45, 7) is 2.87. The second-order valence-corrected chi connectivity index (χ2v) is 4.45. The molecular weight excluding hydrogens is 244 g/mol. The van der Waals surface area contributed by atoms with Crippen LogP contribution in [0.3, 0.4) is 0 Å². The molecule has 2 aromatic rings. The second kappa shape index (κ2) is 4.85. The Hall–Kier alpha value is -2.14. The Morgan fingerprint density at radius 1 is 1.26 bits per heavy atom. The summed E-state index contributed by atoms with van der Waals surface area (Å²) in [5, 5.41) is 10.1. The van der Waals surface area contributed by atoms with Gasteiger partial charge in [-0.05, 0) is 12.1 Å². The molecule has 0 atom stereocenters. The van der Waals surface area contributed by atoms with Crippen LogP contribution in [-0.4, -0.2) is 42.4 Å². The lowest BCUT2D eigenvalue weighted by Crippen LogP contribution is -2.36. The monoisotopic (exact) mass is 258 g/mol. The maximum absolute atomic E-state index is 11.2. The molecule has 0 radical (unpaired) electrons. The highest BCUT2D eigenvalue weighted by molar-refractivity contribution is 5.97. The van der Waals surface area contributed by atoms with Crippen molar-refractivity contribution in [3.8, 4) is 0 Å². The second-order valence-electron chi connectivity index (χ2n) is 4.45. The summed E-state index contributed by atoms with van der Waals surface area (Å²) < 4.78 is 5.34. The first kappa shape index (κ1) is 11.9. The van der Waals surface area contributed by atoms with Gasteiger partial charge in [0.15, 0.2) is 5.69 Å². The third-order valence-corrected chi connectivity index (χ3v) is 3.27. The molecule has 0 amide bonds. The van der Waals surface area contributed by atoms with E-state index in [1.54, 1.807) is 6.07 Å². The average molecular weight is 258 g/mol. The third kappa shape index (κ3) is 2.24. The van der Waals surface area contributed by atoms with E-state index in [9.17, 15) is 4.79 Å². The fraction of sp³-hybridized carbons (Fsp3) is 0.286. The first-order valence-corrected chi connectivity index (χ1v) is 6.21. The summed E-state index contributed by atoms with van der Waals surface area (Å²) in [5.41, 5.74) is 1.72. The van der Waals surface area contributed by atoms with Crippen LogP contribution in [0, 0.1) is 0 Å². The number of rotatable bonds is 2. The van der Waals surface area contributed by atoms with Gasteiger partial charge in [-0.25, -0.2) is 9.78 Å². The SMILES string of the molecule is O=C(O)c1cc(N2CCOCC2)c2ccccc2n1. The van der Waals surface area contributed by atoms with Crippen LogP contribution >= 0.6 is 0 Å². The van der Waals surface area contributed by atoms with Crippen molar-refractivity contribution in [2.75, 3.05) is 31.2 Å². The van der Waals surface area contributed by atoms with Gasteiger partial charge in [-0.2, -0.15) is 0 Å². The van der Waals surface area contributed by atoms with Crippen LogP contribution in [0.1, 0.15) is 10.5 Å². The number of benzene rings is 1. The Morgan fingerprint density at radius 3 is 2.74 bits per heavy atom. The third-order valence-electron chi connectivity index (χ3n) is 3.27. The van der Waals surface area contributed by atoms with Crippen LogP contribution in [0.4, 0.5) is 5.69 Å². The van der Waals surface area contributed by atoms with Gasteiger partial charge in [-0.15, -0.1) is 0 Å². The molecule has 1 aliphatic rings. The number of morpholine rings is 1. The molecule has 0 unspecified atom stereocenters. The van der Waals surface area contributed by atoms with Gasteiger partial charge in [0.1, 0.15) is 0 Å². The molecule has 1 aromatic carbocycles. The molecule has 0 aliphatic carbocycles. The van der Waals surface area contributed by atoms with Gasteiger partial charge in [0, 0.05) is 24.2 Å². The topological polar surface area (TPSA) is 62.7 Å². The fourth-order valence-corrected chi connectivity index (χ4v) is 2.33. The smallest absolute Gasteiger partial charge is 0.354 e. The first-order chi connectivity index (χ1) is 9.25. The molecule has 1 fully saturated rings. The molecule has 1 saturated heterocycles. The normalized spacial score (nSPS) is 15.7. The number of hydrogen-bond acceptors (Lipinski definition) is 4. The van der Waals surface area contributed by atoms with Crippen molar-refractivity contribution < 1.29 is 14.6 Å². The zero-order chi connectivity index (χ0) is 13.2. The van der Waals surface area contributed by atoms with Crippen molar-refractivity contribution in [3.63, 3.8) is 0 Å². The number of fused-ring (bicyclic) bond motifs is 1. The molecular formula is C14H14N2O3. The van der Waals surface area contributed by atoms with E-state index in [4.69, 9.17) is 9.84 Å². The van der Waals surface area contributed by atoms with Crippen LogP contribution in [0.15, 0.2) is 30.3 Å². The Balaban J connectivity index is 2.16. The predicted molar refractivity (Wildman–Crippen MR) is 71.7 cm³/mol. The van der Waals surface area contributed by atoms with Gasteiger partial charge in [-0.1, -0.05) is 18.2 Å². The van der Waals surface area contributed by atoms with Gasteiger partial charge in [0.05, 0.1) is 18.7 Å². The van der Waals surface area contributed by atoms with Gasteiger partial charge in [0.25, 0.3) is 0 Å². The van der Waals surface area contributed by atoms with E-state index in [1.807, 2.05) is 24.3 Å². The highest BCUT2D eigenvalue weighted by atomic mass is 16.5. The molecule has 0 bridgehead atoms. The summed E-state index contributed by atoms with van der Waals surface area (Å²) in [7, 11) is 0.